The van der Waals surface area contributed by atoms with Crippen LogP contribution < -0.4 is 4.74 Å². The average Bonchev–Trinajstić information content (AvgIpc) is 3.35. The number of thioether (sulfide) groups is 1. The normalized spacial score (nSPS) is 21.5. The number of ether oxygens (including phenoxy) is 1. The van der Waals surface area contributed by atoms with E-state index >= 15 is 0 Å². The number of aliphatic hydroxyl groups excluding tert-OH is 1. The monoisotopic (exact) mass is 489 g/mol. The summed E-state index contributed by atoms with van der Waals surface area (Å²) in [6.45, 7) is 8.97. The van der Waals surface area contributed by atoms with Crippen molar-refractivity contribution in [2.75, 3.05) is 6.73 Å². The summed E-state index contributed by atoms with van der Waals surface area (Å²) < 4.78 is 6.47. The molecule has 3 nitrogen and oxygen atoms in total. The molecule has 2 aromatic rings. The number of aliphatic hydroxyl groups is 1. The molecule has 0 amide bonds. The molecule has 2 heterocycles. The molecule has 1 saturated heterocycles. The van der Waals surface area contributed by atoms with E-state index in [0.717, 1.165) is 57.1 Å². The number of halogens is 1. The van der Waals surface area contributed by atoms with E-state index in [1.165, 1.54) is 27.1 Å². The SMILES string of the molecule is CCCC1(CCC)Oc2ccc(C3CCC(CCc4ccc(C)c(C)c4)N3CO)cc2S1.Cl. The summed E-state index contributed by atoms with van der Waals surface area (Å²) >= 11 is 1.92. The van der Waals surface area contributed by atoms with Crippen LogP contribution >= 0.6 is 24.2 Å². The van der Waals surface area contributed by atoms with E-state index in [1.807, 2.05) is 11.8 Å². The molecule has 2 unspecified atom stereocenters. The van der Waals surface area contributed by atoms with Gasteiger partial charge in [0, 0.05) is 12.1 Å². The van der Waals surface area contributed by atoms with Gasteiger partial charge in [0.25, 0.3) is 0 Å². The molecule has 2 aliphatic rings. The molecule has 182 valence electrons. The second kappa shape index (κ2) is 11.5. The molecule has 4 rings (SSSR count). The molecule has 0 aliphatic carbocycles. The minimum Gasteiger partial charge on any atom is -0.475 e. The Morgan fingerprint density at radius 1 is 1.03 bits per heavy atom. The second-order valence-electron chi connectivity index (χ2n) is 9.68. The van der Waals surface area contributed by atoms with Crippen molar-refractivity contribution in [3.05, 3.63) is 58.7 Å². The second-order valence-corrected chi connectivity index (χ2v) is 11.1. The van der Waals surface area contributed by atoms with Gasteiger partial charge in [-0.05, 0) is 86.8 Å². The maximum absolute atomic E-state index is 10.3. The smallest absolute Gasteiger partial charge is 0.159 e. The van der Waals surface area contributed by atoms with Crippen LogP contribution in [-0.2, 0) is 6.42 Å². The molecule has 0 bridgehead atoms. The van der Waals surface area contributed by atoms with Crippen LogP contribution in [0.25, 0.3) is 0 Å². The predicted octanol–water partition coefficient (Wildman–Crippen LogP) is 7.59. The molecular formula is C28H40ClNO2S. The van der Waals surface area contributed by atoms with Crippen LogP contribution in [0.5, 0.6) is 5.75 Å². The van der Waals surface area contributed by atoms with E-state index in [1.54, 1.807) is 0 Å². The maximum atomic E-state index is 10.3. The Hall–Kier alpha value is -1.20. The van der Waals surface area contributed by atoms with Crippen molar-refractivity contribution >= 4 is 24.2 Å². The van der Waals surface area contributed by atoms with Gasteiger partial charge in [0.05, 0.1) is 11.6 Å². The number of hydrogen-bond acceptors (Lipinski definition) is 4. The van der Waals surface area contributed by atoms with Crippen LogP contribution in [0.4, 0.5) is 0 Å². The van der Waals surface area contributed by atoms with Crippen LogP contribution in [0.15, 0.2) is 41.3 Å². The van der Waals surface area contributed by atoms with Crippen LogP contribution in [0, 0.1) is 13.8 Å². The molecule has 1 fully saturated rings. The first-order chi connectivity index (χ1) is 15.5. The van der Waals surface area contributed by atoms with Gasteiger partial charge >= 0.3 is 0 Å². The van der Waals surface area contributed by atoms with E-state index in [4.69, 9.17) is 4.74 Å². The largest absolute Gasteiger partial charge is 0.475 e. The van der Waals surface area contributed by atoms with Crippen LogP contribution in [-0.4, -0.2) is 27.7 Å². The van der Waals surface area contributed by atoms with Crippen LogP contribution in [0.2, 0.25) is 0 Å². The molecule has 0 saturated carbocycles. The Labute approximate surface area is 210 Å². The minimum absolute atomic E-state index is 0. The van der Waals surface area contributed by atoms with Crippen molar-refractivity contribution in [3.8, 4) is 5.75 Å². The van der Waals surface area contributed by atoms with Crippen molar-refractivity contribution in [1.29, 1.82) is 0 Å². The summed E-state index contributed by atoms with van der Waals surface area (Å²) in [5, 5.41) is 10.3. The van der Waals surface area contributed by atoms with Crippen molar-refractivity contribution in [2.24, 2.45) is 0 Å². The average molecular weight is 490 g/mol. The zero-order valence-electron chi connectivity index (χ0n) is 20.6. The van der Waals surface area contributed by atoms with Gasteiger partial charge in [-0.1, -0.05) is 62.7 Å². The molecular weight excluding hydrogens is 450 g/mol. The number of rotatable bonds is 9. The molecule has 0 radical (unpaired) electrons. The van der Waals surface area contributed by atoms with Crippen LogP contribution in [0.1, 0.15) is 87.1 Å². The summed E-state index contributed by atoms with van der Waals surface area (Å²) in [5.41, 5.74) is 5.45. The van der Waals surface area contributed by atoms with Gasteiger partial charge in [-0.25, -0.2) is 0 Å². The summed E-state index contributed by atoms with van der Waals surface area (Å²) in [4.78, 5) is 3.50. The zero-order valence-corrected chi connectivity index (χ0v) is 22.2. The van der Waals surface area contributed by atoms with Gasteiger partial charge in [-0.3, -0.25) is 4.90 Å². The Balaban J connectivity index is 0.00000306. The fourth-order valence-corrected chi connectivity index (χ4v) is 7.07. The highest BCUT2D eigenvalue weighted by Gasteiger charge is 2.40. The Kier molecular flexibility index (Phi) is 9.19. The fraction of sp³-hybridized carbons (Fsp3) is 0.571. The van der Waals surface area contributed by atoms with Gasteiger partial charge in [-0.2, -0.15) is 0 Å². The molecule has 2 aliphatic heterocycles. The highest BCUT2D eigenvalue weighted by atomic mass is 35.5. The summed E-state index contributed by atoms with van der Waals surface area (Å²) in [6.07, 6.45) is 8.86. The van der Waals surface area contributed by atoms with Crippen molar-refractivity contribution < 1.29 is 9.84 Å². The third-order valence-corrected chi connectivity index (χ3v) is 8.75. The van der Waals surface area contributed by atoms with Crippen LogP contribution in [0.3, 0.4) is 0 Å². The molecule has 2 atom stereocenters. The number of nitrogens with zero attached hydrogens (tertiary/aromatic N) is 1. The Morgan fingerprint density at radius 2 is 1.79 bits per heavy atom. The molecule has 1 N–H and O–H groups in total. The van der Waals surface area contributed by atoms with E-state index in [0.29, 0.717) is 12.1 Å². The Bertz CT molecular complexity index is 928. The lowest BCUT2D eigenvalue weighted by Gasteiger charge is -2.28. The fourth-order valence-electron chi connectivity index (χ4n) is 5.52. The first-order valence-corrected chi connectivity index (χ1v) is 13.2. The molecule has 33 heavy (non-hydrogen) atoms. The highest BCUT2D eigenvalue weighted by Crippen LogP contribution is 2.53. The maximum Gasteiger partial charge on any atom is 0.159 e. The van der Waals surface area contributed by atoms with E-state index in [9.17, 15) is 5.11 Å². The van der Waals surface area contributed by atoms with Crippen molar-refractivity contribution in [1.82, 2.24) is 4.90 Å². The topological polar surface area (TPSA) is 32.7 Å². The van der Waals surface area contributed by atoms with E-state index < -0.39 is 0 Å². The van der Waals surface area contributed by atoms with Gasteiger partial charge in [0.1, 0.15) is 5.75 Å². The van der Waals surface area contributed by atoms with Gasteiger partial charge < -0.3 is 9.84 Å². The molecule has 0 aromatic heterocycles. The molecule has 0 spiro atoms. The first kappa shape index (κ1) is 26.4. The summed E-state index contributed by atoms with van der Waals surface area (Å²) in [6, 6.07) is 14.3. The standard InChI is InChI=1S/C28H39NO2S.ClH/c1-5-15-28(16-6-2)31-26-14-10-23(18-27(26)32-28)25-13-12-24(29(25)19-30)11-9-22-8-7-20(3)21(4)17-22;/h7-8,10,14,17-18,24-25,30H,5-6,9,11-13,15-16,19H2,1-4H3;1H. The quantitative estimate of drug-likeness (QED) is 0.393. The van der Waals surface area contributed by atoms with E-state index in [-0.39, 0.29) is 24.1 Å². The van der Waals surface area contributed by atoms with E-state index in [2.05, 4.69) is 69.0 Å². The lowest BCUT2D eigenvalue weighted by atomic mass is 10.00. The van der Waals surface area contributed by atoms with Crippen molar-refractivity contribution in [3.63, 3.8) is 0 Å². The third-order valence-electron chi connectivity index (χ3n) is 7.35. The van der Waals surface area contributed by atoms with Crippen molar-refractivity contribution in [2.45, 2.75) is 101 Å². The number of aryl methyl sites for hydroxylation is 3. The first-order valence-electron chi connectivity index (χ1n) is 12.4. The molecule has 5 heteroatoms. The lowest BCUT2D eigenvalue weighted by molar-refractivity contribution is 0.0596. The lowest BCUT2D eigenvalue weighted by Crippen LogP contribution is -2.32. The third kappa shape index (κ3) is 5.73. The number of hydrogen-bond donors (Lipinski definition) is 1. The van der Waals surface area contributed by atoms with Gasteiger partial charge in [-0.15, -0.1) is 12.4 Å². The number of likely N-dealkylation sites (tertiary alicyclic amines) is 1. The highest BCUT2D eigenvalue weighted by molar-refractivity contribution is 8.00. The number of fused-ring (bicyclic) bond motifs is 1. The summed E-state index contributed by atoms with van der Waals surface area (Å²) in [7, 11) is 0. The summed E-state index contributed by atoms with van der Waals surface area (Å²) in [5.74, 6) is 1.04. The minimum atomic E-state index is -0.0918. The van der Waals surface area contributed by atoms with Gasteiger partial charge in [0.15, 0.2) is 4.93 Å². The number of benzene rings is 2. The molecule has 2 aromatic carbocycles. The predicted molar refractivity (Wildman–Crippen MR) is 142 cm³/mol. The zero-order chi connectivity index (χ0) is 22.7. The Morgan fingerprint density at radius 3 is 2.45 bits per heavy atom. The van der Waals surface area contributed by atoms with Gasteiger partial charge in [0.2, 0.25) is 0 Å².